The van der Waals surface area contributed by atoms with Crippen LogP contribution in [0.1, 0.15) is 49.8 Å². The number of likely N-dealkylation sites (tertiary alicyclic amines) is 1. The third-order valence-corrected chi connectivity index (χ3v) is 5.73. The van der Waals surface area contributed by atoms with Crippen LogP contribution in [0.2, 0.25) is 0 Å². The molecular weight excluding hydrogens is 366 g/mol. The molecule has 1 atom stereocenters. The first-order valence-corrected chi connectivity index (χ1v) is 10.2. The van der Waals surface area contributed by atoms with Crippen LogP contribution in [0, 0.1) is 0 Å². The Bertz CT molecular complexity index is 944. The molecule has 1 saturated heterocycles. The van der Waals surface area contributed by atoms with E-state index >= 15 is 0 Å². The molecule has 0 radical (unpaired) electrons. The van der Waals surface area contributed by atoms with Gasteiger partial charge in [-0.1, -0.05) is 55.3 Å². The zero-order valence-electron chi connectivity index (χ0n) is 16.5. The highest BCUT2D eigenvalue weighted by molar-refractivity contribution is 6.46. The van der Waals surface area contributed by atoms with Crippen molar-refractivity contribution in [1.82, 2.24) is 4.90 Å². The SMILES string of the molecule is CCOc1cccc(C2/C(=C(/O)c3ccccc3)C(=O)C(=O)N2C2CCCC2)c1. The number of nitrogens with zero attached hydrogens (tertiary/aromatic N) is 1. The molecule has 1 amide bonds. The van der Waals surface area contributed by atoms with Gasteiger partial charge in [-0.15, -0.1) is 0 Å². The Hall–Kier alpha value is -3.08. The third-order valence-electron chi connectivity index (χ3n) is 5.73. The standard InChI is InChI=1S/C24H25NO4/c1-2-29-19-14-8-11-17(15-19)21-20(22(26)16-9-4-3-5-10-16)23(27)24(28)25(21)18-12-6-7-13-18/h3-5,8-11,14-15,18,21,26H,2,6-7,12-13H2,1H3/b22-20-. The van der Waals surface area contributed by atoms with Gasteiger partial charge in [-0.25, -0.2) is 0 Å². The average Bonchev–Trinajstić information content (AvgIpc) is 3.36. The van der Waals surface area contributed by atoms with Crippen LogP contribution >= 0.6 is 0 Å². The number of hydrogen-bond donors (Lipinski definition) is 1. The van der Waals surface area contributed by atoms with Crippen molar-refractivity contribution in [2.45, 2.75) is 44.7 Å². The highest BCUT2D eigenvalue weighted by Crippen LogP contribution is 2.43. The number of hydrogen-bond acceptors (Lipinski definition) is 4. The van der Waals surface area contributed by atoms with Crippen molar-refractivity contribution in [2.75, 3.05) is 6.61 Å². The summed E-state index contributed by atoms with van der Waals surface area (Å²) in [5.74, 6) is -0.593. The summed E-state index contributed by atoms with van der Waals surface area (Å²) in [7, 11) is 0. The number of benzene rings is 2. The summed E-state index contributed by atoms with van der Waals surface area (Å²) in [5.41, 5.74) is 1.46. The van der Waals surface area contributed by atoms with Crippen molar-refractivity contribution in [3.63, 3.8) is 0 Å². The lowest BCUT2D eigenvalue weighted by molar-refractivity contribution is -0.141. The smallest absolute Gasteiger partial charge is 0.295 e. The number of aliphatic hydroxyl groups excluding tert-OH is 1. The predicted octanol–water partition coefficient (Wildman–Crippen LogP) is 4.45. The molecule has 1 saturated carbocycles. The van der Waals surface area contributed by atoms with Crippen LogP contribution in [0.5, 0.6) is 5.75 Å². The van der Waals surface area contributed by atoms with E-state index in [4.69, 9.17) is 4.74 Å². The Morgan fingerprint density at radius 3 is 2.48 bits per heavy atom. The number of rotatable bonds is 5. The van der Waals surface area contributed by atoms with E-state index in [1.807, 2.05) is 37.3 Å². The van der Waals surface area contributed by atoms with E-state index in [2.05, 4.69) is 0 Å². The summed E-state index contributed by atoms with van der Waals surface area (Å²) in [5, 5.41) is 11.0. The molecule has 0 spiro atoms. The number of aliphatic hydroxyl groups is 1. The molecule has 2 aromatic carbocycles. The number of carbonyl (C=O) groups is 2. The Balaban J connectivity index is 1.87. The van der Waals surface area contributed by atoms with Crippen LogP contribution in [0.25, 0.3) is 5.76 Å². The topological polar surface area (TPSA) is 66.8 Å². The van der Waals surface area contributed by atoms with Crippen molar-refractivity contribution < 1.29 is 19.4 Å². The van der Waals surface area contributed by atoms with Gasteiger partial charge in [-0.05, 0) is 37.5 Å². The highest BCUT2D eigenvalue weighted by atomic mass is 16.5. The van der Waals surface area contributed by atoms with Crippen LogP contribution in [0.15, 0.2) is 60.2 Å². The maximum absolute atomic E-state index is 13.0. The van der Waals surface area contributed by atoms with Gasteiger partial charge in [0, 0.05) is 11.6 Å². The van der Waals surface area contributed by atoms with E-state index in [1.165, 1.54) is 0 Å². The predicted molar refractivity (Wildman–Crippen MR) is 110 cm³/mol. The fourth-order valence-corrected chi connectivity index (χ4v) is 4.43. The van der Waals surface area contributed by atoms with Crippen LogP contribution in [-0.2, 0) is 9.59 Å². The van der Waals surface area contributed by atoms with E-state index in [-0.39, 0.29) is 17.4 Å². The minimum atomic E-state index is -0.620. The van der Waals surface area contributed by atoms with Crippen LogP contribution in [0.4, 0.5) is 0 Å². The van der Waals surface area contributed by atoms with Crippen molar-refractivity contribution in [3.05, 3.63) is 71.3 Å². The number of amides is 1. The van der Waals surface area contributed by atoms with Gasteiger partial charge >= 0.3 is 0 Å². The summed E-state index contributed by atoms with van der Waals surface area (Å²) < 4.78 is 5.63. The second-order valence-corrected chi connectivity index (χ2v) is 7.52. The van der Waals surface area contributed by atoms with E-state index in [0.717, 1.165) is 31.2 Å². The van der Waals surface area contributed by atoms with Crippen LogP contribution < -0.4 is 4.74 Å². The molecule has 1 heterocycles. The molecule has 0 aromatic heterocycles. The van der Waals surface area contributed by atoms with Gasteiger partial charge in [0.15, 0.2) is 0 Å². The number of ketones is 1. The fraction of sp³-hybridized carbons (Fsp3) is 0.333. The molecule has 2 fully saturated rings. The van der Waals surface area contributed by atoms with Gasteiger partial charge in [0.2, 0.25) is 0 Å². The average molecular weight is 391 g/mol. The quantitative estimate of drug-likeness (QED) is 0.465. The first-order valence-electron chi connectivity index (χ1n) is 10.2. The summed E-state index contributed by atoms with van der Waals surface area (Å²) in [6.45, 7) is 2.43. The van der Waals surface area contributed by atoms with Crippen molar-refractivity contribution in [3.8, 4) is 5.75 Å². The monoisotopic (exact) mass is 391 g/mol. The molecule has 1 unspecified atom stereocenters. The second kappa shape index (κ2) is 8.11. The molecule has 5 nitrogen and oxygen atoms in total. The molecule has 0 bridgehead atoms. The molecule has 4 rings (SSSR count). The Kier molecular flexibility index (Phi) is 5.38. The first-order chi connectivity index (χ1) is 14.1. The minimum absolute atomic E-state index is 0.00766. The molecule has 5 heteroatoms. The number of Topliss-reactive ketones (excluding diaryl/α,β-unsaturated/α-hetero) is 1. The number of carbonyl (C=O) groups excluding carboxylic acids is 2. The molecule has 2 aromatic rings. The fourth-order valence-electron chi connectivity index (χ4n) is 4.43. The Morgan fingerprint density at radius 2 is 1.79 bits per heavy atom. The molecule has 1 aliphatic carbocycles. The van der Waals surface area contributed by atoms with E-state index < -0.39 is 17.7 Å². The zero-order chi connectivity index (χ0) is 20.4. The maximum atomic E-state index is 13.0. The number of ether oxygens (including phenoxy) is 1. The summed E-state index contributed by atoms with van der Waals surface area (Å²) in [6.07, 6.45) is 3.83. The summed E-state index contributed by atoms with van der Waals surface area (Å²) >= 11 is 0. The molecule has 29 heavy (non-hydrogen) atoms. The molecule has 1 aliphatic heterocycles. The van der Waals surface area contributed by atoms with Gasteiger partial charge in [-0.2, -0.15) is 0 Å². The second-order valence-electron chi connectivity index (χ2n) is 7.52. The lowest BCUT2D eigenvalue weighted by Gasteiger charge is -2.31. The molecule has 2 aliphatic rings. The van der Waals surface area contributed by atoms with Crippen LogP contribution in [0.3, 0.4) is 0 Å². The molecule has 1 N–H and O–H groups in total. The van der Waals surface area contributed by atoms with E-state index in [0.29, 0.717) is 17.9 Å². The molecular formula is C24H25NO4. The Labute approximate surface area is 170 Å². The lowest BCUT2D eigenvalue weighted by Crippen LogP contribution is -2.37. The van der Waals surface area contributed by atoms with Gasteiger partial charge in [-0.3, -0.25) is 9.59 Å². The van der Waals surface area contributed by atoms with Gasteiger partial charge in [0.05, 0.1) is 18.2 Å². The maximum Gasteiger partial charge on any atom is 0.295 e. The van der Waals surface area contributed by atoms with Crippen molar-refractivity contribution in [1.29, 1.82) is 0 Å². The van der Waals surface area contributed by atoms with Crippen molar-refractivity contribution in [2.24, 2.45) is 0 Å². The van der Waals surface area contributed by atoms with Gasteiger partial charge in [0.1, 0.15) is 11.5 Å². The van der Waals surface area contributed by atoms with E-state index in [1.54, 1.807) is 29.2 Å². The normalized spacial score (nSPS) is 21.7. The first kappa shape index (κ1) is 19.2. The highest BCUT2D eigenvalue weighted by Gasteiger charge is 2.49. The van der Waals surface area contributed by atoms with Crippen LogP contribution in [-0.4, -0.2) is 34.3 Å². The Morgan fingerprint density at radius 1 is 1.07 bits per heavy atom. The largest absolute Gasteiger partial charge is 0.507 e. The van der Waals surface area contributed by atoms with Gasteiger partial charge < -0.3 is 14.7 Å². The summed E-state index contributed by atoms with van der Waals surface area (Å²) in [4.78, 5) is 27.8. The van der Waals surface area contributed by atoms with E-state index in [9.17, 15) is 14.7 Å². The lowest BCUT2D eigenvalue weighted by atomic mass is 9.94. The van der Waals surface area contributed by atoms with Crippen molar-refractivity contribution >= 4 is 17.4 Å². The third kappa shape index (κ3) is 3.53. The summed E-state index contributed by atoms with van der Waals surface area (Å²) in [6, 6.07) is 15.8. The zero-order valence-corrected chi connectivity index (χ0v) is 16.5. The molecule has 150 valence electrons. The minimum Gasteiger partial charge on any atom is -0.507 e. The van der Waals surface area contributed by atoms with Gasteiger partial charge in [0.25, 0.3) is 11.7 Å².